The lowest BCUT2D eigenvalue weighted by molar-refractivity contribution is -0.140. The Labute approximate surface area is 421 Å². The van der Waals surface area contributed by atoms with Crippen LogP contribution in [0.2, 0.25) is 18.1 Å². The summed E-state index contributed by atoms with van der Waals surface area (Å²) in [4.78, 5) is 79.2. The zero-order valence-electron chi connectivity index (χ0n) is 42.9. The molecular formula is C48H69N10O12PSi. The zero-order valence-corrected chi connectivity index (χ0v) is 44.8. The van der Waals surface area contributed by atoms with Gasteiger partial charge in [0.05, 0.1) is 43.9 Å². The number of fused-ring (bicyclic) bond motifs is 1. The molecule has 2 aliphatic heterocycles. The van der Waals surface area contributed by atoms with Gasteiger partial charge in [0.2, 0.25) is 12.5 Å². The second-order valence-corrected chi connectivity index (χ2v) is 25.3. The molecule has 0 spiro atoms. The number of H-pyrrole nitrogens is 1. The maximum atomic E-state index is 12.7. The summed E-state index contributed by atoms with van der Waals surface area (Å²) in [5, 5.41) is 14.9. The minimum absolute atomic E-state index is 0.0423. The van der Waals surface area contributed by atoms with Gasteiger partial charge in [-0.3, -0.25) is 33.3 Å². The standard InChI is InChI=1S/C27H36N7O4P.C21H33N3O8Si/c1-7-21-22(38-39(36-14-13-28-6)34(18(2)3)19(4)5)15-23(37-21)33-17-31-24-25(29-16-30-26(24)33)32-27(35)20-11-9-8-10-12-20;1-21(2,3)33(5,6)32-14-9-17(31-15(14)12-25)24-11-13(19(28)23-20(24)29)7-8-16(26)22-10-18(27)30-4/h8-12,16-19,21-23H,7,13-15H2,1-5H3,(H,29,30,32,35);7-8,11,14-15,17,25H,9-10,12H2,1-6H3,(H,22,26)(H,23,28,29)/b;8-7+. The van der Waals surface area contributed by atoms with Gasteiger partial charge in [-0.25, -0.2) is 31.0 Å². The molecule has 2 aliphatic rings. The minimum Gasteiger partial charge on any atom is -0.468 e. The van der Waals surface area contributed by atoms with E-state index in [1.807, 2.05) is 22.8 Å². The Kier molecular flexibility index (Phi) is 20.6. The Morgan fingerprint density at radius 1 is 1.03 bits per heavy atom. The van der Waals surface area contributed by atoms with Crippen molar-refractivity contribution in [2.24, 2.45) is 0 Å². The number of anilines is 1. The number of carbonyl (C=O) groups excluding carboxylic acids is 3. The van der Waals surface area contributed by atoms with E-state index in [2.05, 4.69) is 113 Å². The summed E-state index contributed by atoms with van der Waals surface area (Å²) in [5.74, 6) is -1.16. The number of imidazole rings is 1. The molecule has 7 unspecified atom stereocenters. The molecule has 2 fully saturated rings. The van der Waals surface area contributed by atoms with Crippen LogP contribution in [0, 0.1) is 6.57 Å². The van der Waals surface area contributed by atoms with E-state index in [9.17, 15) is 29.1 Å². The molecule has 0 radical (unpaired) electrons. The molecule has 2 amide bonds. The van der Waals surface area contributed by atoms with Crippen LogP contribution < -0.4 is 21.9 Å². The fourth-order valence-electron chi connectivity index (χ4n) is 7.68. The Morgan fingerprint density at radius 2 is 1.69 bits per heavy atom. The molecule has 22 nitrogen and oxygen atoms in total. The number of nitrogens with one attached hydrogen (secondary N) is 3. The molecule has 72 heavy (non-hydrogen) atoms. The SMILES string of the molecule is COC(=O)CNC(=O)/C=C/c1cn(C2CC(O[Si](C)(C)C(C)(C)C)C(CO)O2)c(=O)[nH]c1=O.[C-]#[N+]CCOP(OC1CC(n2cnc3c(NC(=O)c4ccccc4)ncnc32)OC1CC)N(C(C)C)C(C)C. The fourth-order valence-corrected chi connectivity index (χ4v) is 10.8. The number of nitrogens with zero attached hydrogens (tertiary/aromatic N) is 7. The molecule has 0 aliphatic carbocycles. The van der Waals surface area contributed by atoms with Gasteiger partial charge in [-0.2, -0.15) is 0 Å². The number of methoxy groups -OCH3 is 1. The van der Waals surface area contributed by atoms with Crippen LogP contribution in [0.25, 0.3) is 22.1 Å². The van der Waals surface area contributed by atoms with E-state index in [1.165, 1.54) is 30.3 Å². The van der Waals surface area contributed by atoms with Gasteiger partial charge in [0, 0.05) is 42.8 Å². The van der Waals surface area contributed by atoms with Crippen LogP contribution in [0.4, 0.5) is 5.82 Å². The van der Waals surface area contributed by atoms with Crippen molar-refractivity contribution in [3.8, 4) is 0 Å². The van der Waals surface area contributed by atoms with Crippen LogP contribution in [0.5, 0.6) is 0 Å². The Bertz CT molecular complexity index is 2640. The van der Waals surface area contributed by atoms with E-state index < -0.39 is 58.4 Å². The van der Waals surface area contributed by atoms with Crippen LogP contribution in [0.15, 0.2) is 64.8 Å². The van der Waals surface area contributed by atoms with Gasteiger partial charge in [-0.05, 0) is 70.5 Å². The number of esters is 1. The molecule has 3 aromatic heterocycles. The molecule has 4 aromatic rings. The van der Waals surface area contributed by atoms with Crippen molar-refractivity contribution in [3.05, 3.63) is 98.6 Å². The van der Waals surface area contributed by atoms with E-state index in [0.717, 1.165) is 12.5 Å². The van der Waals surface area contributed by atoms with E-state index >= 15 is 0 Å². The molecule has 7 atom stereocenters. The van der Waals surface area contributed by atoms with E-state index in [0.29, 0.717) is 42.0 Å². The first-order valence-electron chi connectivity index (χ1n) is 23.9. The average molecular weight is 1040 g/mol. The first-order valence-corrected chi connectivity index (χ1v) is 27.9. The summed E-state index contributed by atoms with van der Waals surface area (Å²) in [5.41, 5.74) is 0.260. The highest BCUT2D eigenvalue weighted by Crippen LogP contribution is 2.50. The van der Waals surface area contributed by atoms with Crippen molar-refractivity contribution in [1.29, 1.82) is 0 Å². The molecule has 0 bridgehead atoms. The maximum absolute atomic E-state index is 12.7. The molecule has 392 valence electrons. The highest BCUT2D eigenvalue weighted by molar-refractivity contribution is 7.44. The number of aromatic nitrogens is 6. The van der Waals surface area contributed by atoms with Crippen LogP contribution >= 0.6 is 8.53 Å². The van der Waals surface area contributed by atoms with Crippen molar-refractivity contribution in [2.75, 3.05) is 38.7 Å². The van der Waals surface area contributed by atoms with E-state index in [1.54, 1.807) is 18.5 Å². The molecule has 4 N–H and O–H groups in total. The molecule has 1 aromatic carbocycles. The molecule has 0 saturated carbocycles. The predicted octanol–water partition coefficient (Wildman–Crippen LogP) is 5.95. The van der Waals surface area contributed by atoms with Gasteiger partial charge >= 0.3 is 11.7 Å². The zero-order chi connectivity index (χ0) is 52.9. The van der Waals surface area contributed by atoms with Gasteiger partial charge < -0.3 is 48.3 Å². The van der Waals surface area contributed by atoms with Crippen molar-refractivity contribution in [1.82, 2.24) is 39.1 Å². The lowest BCUT2D eigenvalue weighted by Crippen LogP contribution is -2.46. The Hall–Kier alpha value is -5.54. The van der Waals surface area contributed by atoms with Crippen molar-refractivity contribution in [3.63, 3.8) is 0 Å². The maximum Gasteiger partial charge on any atom is 0.330 e. The van der Waals surface area contributed by atoms with Crippen LogP contribution in [0.1, 0.15) is 103 Å². The molecular weight excluding hydrogens is 968 g/mol. The van der Waals surface area contributed by atoms with Gasteiger partial charge in [0.1, 0.15) is 38.0 Å². The van der Waals surface area contributed by atoms with Gasteiger partial charge in [-0.1, -0.05) is 45.9 Å². The van der Waals surface area contributed by atoms with Gasteiger partial charge in [-0.15, -0.1) is 0 Å². The third-order valence-corrected chi connectivity index (χ3v) is 19.0. The number of aromatic amines is 1. The largest absolute Gasteiger partial charge is 0.468 e. The average Bonchev–Trinajstić information content (AvgIpc) is 4.07. The normalized spacial score (nSPS) is 20.7. The van der Waals surface area contributed by atoms with E-state index in [4.69, 9.17) is 29.5 Å². The van der Waals surface area contributed by atoms with Crippen LogP contribution in [0.3, 0.4) is 0 Å². The Morgan fingerprint density at radius 3 is 2.32 bits per heavy atom. The number of carbonyl (C=O) groups is 3. The third-order valence-electron chi connectivity index (χ3n) is 12.4. The summed E-state index contributed by atoms with van der Waals surface area (Å²) in [6, 6.07) is 9.37. The number of hydrogen-bond acceptors (Lipinski definition) is 16. The number of aliphatic hydroxyl groups excluding tert-OH is 1. The smallest absolute Gasteiger partial charge is 0.330 e. The van der Waals surface area contributed by atoms with Crippen LogP contribution in [-0.2, 0) is 37.3 Å². The van der Waals surface area contributed by atoms with Crippen molar-refractivity contribution in [2.45, 2.75) is 142 Å². The topological polar surface area (TPSA) is 257 Å². The number of hydrogen-bond donors (Lipinski definition) is 4. The number of ether oxygens (including phenoxy) is 3. The number of benzene rings is 1. The van der Waals surface area contributed by atoms with Crippen LogP contribution in [-0.4, -0.2) is 135 Å². The summed E-state index contributed by atoms with van der Waals surface area (Å²) >= 11 is 0. The predicted molar refractivity (Wildman–Crippen MR) is 273 cm³/mol. The first kappa shape index (κ1) is 57.4. The number of amides is 2. The lowest BCUT2D eigenvalue weighted by atomic mass is 10.1. The second-order valence-electron chi connectivity index (χ2n) is 19.1. The van der Waals surface area contributed by atoms with Crippen molar-refractivity contribution >= 4 is 57.7 Å². The molecule has 2 saturated heterocycles. The monoisotopic (exact) mass is 1040 g/mol. The highest BCUT2D eigenvalue weighted by Gasteiger charge is 2.45. The Balaban J connectivity index is 0.000000272. The van der Waals surface area contributed by atoms with E-state index in [-0.39, 0.29) is 66.7 Å². The highest BCUT2D eigenvalue weighted by atomic mass is 31.2. The lowest BCUT2D eigenvalue weighted by Gasteiger charge is -2.39. The molecule has 6 rings (SSSR count). The number of rotatable bonds is 20. The fraction of sp³-hybridized carbons (Fsp3) is 0.562. The third kappa shape index (κ3) is 14.8. The summed E-state index contributed by atoms with van der Waals surface area (Å²) in [6.45, 7) is 28.2. The van der Waals surface area contributed by atoms with Crippen molar-refractivity contribution < 1.29 is 47.2 Å². The summed E-state index contributed by atoms with van der Waals surface area (Å²) < 4.78 is 41.2. The molecule has 5 heterocycles. The molecule has 24 heteroatoms. The van der Waals surface area contributed by atoms with Gasteiger partial charge in [0.25, 0.3) is 20.0 Å². The minimum atomic E-state index is -2.16. The number of aliphatic hydroxyl groups is 1. The van der Waals surface area contributed by atoms with Gasteiger partial charge in [0.15, 0.2) is 25.3 Å². The second kappa shape index (κ2) is 25.9. The first-order chi connectivity index (χ1) is 34.1. The quantitative estimate of drug-likeness (QED) is 0.0199. The summed E-state index contributed by atoms with van der Waals surface area (Å²) in [7, 11) is -2.36. The summed E-state index contributed by atoms with van der Waals surface area (Å²) in [6.07, 6.45) is 5.80.